The monoisotopic (exact) mass is 436 g/mol. The Kier molecular flexibility index (Phi) is 4.80. The van der Waals surface area contributed by atoms with Crippen molar-refractivity contribution in [2.45, 2.75) is 31.5 Å². The van der Waals surface area contributed by atoms with Crippen LogP contribution in [0.3, 0.4) is 0 Å². The van der Waals surface area contributed by atoms with E-state index < -0.39 is 42.6 Å². The highest BCUT2D eigenvalue weighted by molar-refractivity contribution is 6.22. The SMILES string of the molecule is O=C(COC(=O)CN1C(=O)c2ccccc2C1=O)Nc1ccc2c(c1)OC1(CCCC1)O2. The summed E-state index contributed by atoms with van der Waals surface area (Å²) in [5, 5.41) is 2.63. The van der Waals surface area contributed by atoms with Gasteiger partial charge >= 0.3 is 5.97 Å². The molecule has 0 radical (unpaired) electrons. The summed E-state index contributed by atoms with van der Waals surface area (Å²) >= 11 is 0. The summed E-state index contributed by atoms with van der Waals surface area (Å²) in [5.41, 5.74) is 0.958. The van der Waals surface area contributed by atoms with E-state index in [-0.39, 0.29) is 11.1 Å². The minimum atomic E-state index is -0.858. The fourth-order valence-electron chi connectivity index (χ4n) is 4.19. The molecule has 1 N–H and O–H groups in total. The largest absolute Gasteiger partial charge is 0.454 e. The van der Waals surface area contributed by atoms with E-state index in [1.807, 2.05) is 0 Å². The second-order valence-electron chi connectivity index (χ2n) is 7.93. The van der Waals surface area contributed by atoms with Crippen LogP contribution in [0.25, 0.3) is 0 Å². The highest BCUT2D eigenvalue weighted by atomic mass is 16.7. The van der Waals surface area contributed by atoms with Gasteiger partial charge in [0, 0.05) is 24.6 Å². The van der Waals surface area contributed by atoms with Crippen molar-refractivity contribution < 1.29 is 33.4 Å². The number of esters is 1. The first-order chi connectivity index (χ1) is 15.4. The lowest BCUT2D eigenvalue weighted by Crippen LogP contribution is -2.36. The van der Waals surface area contributed by atoms with Crippen LogP contribution in [0.4, 0.5) is 5.69 Å². The molecule has 1 spiro atoms. The third-order valence-corrected chi connectivity index (χ3v) is 5.71. The Morgan fingerprint density at radius 1 is 0.969 bits per heavy atom. The molecular weight excluding hydrogens is 416 g/mol. The van der Waals surface area contributed by atoms with Crippen molar-refractivity contribution in [1.82, 2.24) is 4.90 Å². The Labute approximate surface area is 183 Å². The quantitative estimate of drug-likeness (QED) is 0.566. The van der Waals surface area contributed by atoms with Gasteiger partial charge in [-0.25, -0.2) is 0 Å². The van der Waals surface area contributed by atoms with Crippen LogP contribution in [-0.4, -0.2) is 47.5 Å². The van der Waals surface area contributed by atoms with E-state index in [1.165, 1.54) is 12.1 Å². The lowest BCUT2D eigenvalue weighted by Gasteiger charge is -2.21. The standard InChI is InChI=1S/C23H20N2O7/c26-19(24-14-7-8-17-18(11-14)32-23(31-17)9-3-4-10-23)13-30-20(27)12-25-21(28)15-5-1-2-6-16(15)22(25)29/h1-2,5-8,11H,3-4,9-10,12-13H2,(H,24,26). The molecule has 164 valence electrons. The van der Waals surface area contributed by atoms with Crippen molar-refractivity contribution in [2.24, 2.45) is 0 Å². The van der Waals surface area contributed by atoms with Crippen LogP contribution in [0.5, 0.6) is 11.5 Å². The summed E-state index contributed by atoms with van der Waals surface area (Å²) in [6.07, 6.45) is 3.74. The maximum absolute atomic E-state index is 12.3. The zero-order chi connectivity index (χ0) is 22.3. The topological polar surface area (TPSA) is 111 Å². The van der Waals surface area contributed by atoms with Crippen LogP contribution in [-0.2, 0) is 14.3 Å². The molecule has 9 nitrogen and oxygen atoms in total. The molecule has 1 aliphatic carbocycles. The van der Waals surface area contributed by atoms with Gasteiger partial charge in [0.25, 0.3) is 23.5 Å². The molecule has 1 fully saturated rings. The van der Waals surface area contributed by atoms with Gasteiger partial charge in [-0.05, 0) is 37.1 Å². The molecule has 0 bridgehead atoms. The molecule has 0 unspecified atom stereocenters. The Bertz CT molecular complexity index is 1100. The summed E-state index contributed by atoms with van der Waals surface area (Å²) in [5.74, 6) is -1.94. The Morgan fingerprint density at radius 2 is 1.62 bits per heavy atom. The number of nitrogens with one attached hydrogen (secondary N) is 1. The summed E-state index contributed by atoms with van der Waals surface area (Å²) in [4.78, 5) is 49.7. The number of fused-ring (bicyclic) bond motifs is 2. The van der Waals surface area contributed by atoms with Crippen molar-refractivity contribution in [2.75, 3.05) is 18.5 Å². The van der Waals surface area contributed by atoms with E-state index in [0.717, 1.165) is 30.6 Å². The minimum absolute atomic E-state index is 0.241. The van der Waals surface area contributed by atoms with Gasteiger partial charge in [0.15, 0.2) is 18.1 Å². The number of nitrogens with zero attached hydrogens (tertiary/aromatic N) is 1. The van der Waals surface area contributed by atoms with Gasteiger partial charge in [-0.15, -0.1) is 0 Å². The number of benzene rings is 2. The molecule has 32 heavy (non-hydrogen) atoms. The number of hydrogen-bond donors (Lipinski definition) is 1. The summed E-state index contributed by atoms with van der Waals surface area (Å²) in [6, 6.07) is 11.4. The van der Waals surface area contributed by atoms with Gasteiger partial charge in [-0.1, -0.05) is 12.1 Å². The number of carbonyl (C=O) groups is 4. The third-order valence-electron chi connectivity index (χ3n) is 5.71. The average molecular weight is 436 g/mol. The van der Waals surface area contributed by atoms with Crippen LogP contribution >= 0.6 is 0 Å². The van der Waals surface area contributed by atoms with Crippen LogP contribution in [0, 0.1) is 0 Å². The fraction of sp³-hybridized carbons (Fsp3) is 0.304. The first-order valence-corrected chi connectivity index (χ1v) is 10.4. The van der Waals surface area contributed by atoms with E-state index in [2.05, 4.69) is 5.32 Å². The maximum Gasteiger partial charge on any atom is 0.326 e. The molecule has 2 heterocycles. The number of imide groups is 1. The van der Waals surface area contributed by atoms with Crippen molar-refractivity contribution in [3.63, 3.8) is 0 Å². The zero-order valence-corrected chi connectivity index (χ0v) is 17.1. The van der Waals surface area contributed by atoms with Gasteiger partial charge in [-0.3, -0.25) is 24.1 Å². The van der Waals surface area contributed by atoms with Crippen molar-refractivity contribution in [1.29, 1.82) is 0 Å². The average Bonchev–Trinajstić information content (AvgIpc) is 3.45. The highest BCUT2D eigenvalue weighted by Gasteiger charge is 2.44. The predicted molar refractivity (Wildman–Crippen MR) is 110 cm³/mol. The lowest BCUT2D eigenvalue weighted by molar-refractivity contribution is -0.147. The second kappa shape index (κ2) is 7.67. The van der Waals surface area contributed by atoms with Crippen molar-refractivity contribution in [3.8, 4) is 11.5 Å². The number of rotatable bonds is 5. The van der Waals surface area contributed by atoms with Gasteiger partial charge in [-0.2, -0.15) is 0 Å². The molecule has 2 aromatic rings. The summed E-state index contributed by atoms with van der Waals surface area (Å²) in [7, 11) is 0. The van der Waals surface area contributed by atoms with E-state index in [4.69, 9.17) is 14.2 Å². The van der Waals surface area contributed by atoms with E-state index in [0.29, 0.717) is 17.2 Å². The minimum Gasteiger partial charge on any atom is -0.454 e. The van der Waals surface area contributed by atoms with Crippen LogP contribution in [0.2, 0.25) is 0 Å². The molecule has 2 aliphatic heterocycles. The molecule has 1 saturated carbocycles. The van der Waals surface area contributed by atoms with Gasteiger partial charge < -0.3 is 19.5 Å². The van der Waals surface area contributed by atoms with Gasteiger partial charge in [0.05, 0.1) is 11.1 Å². The number of amides is 3. The molecule has 3 aliphatic rings. The molecule has 0 saturated heterocycles. The zero-order valence-electron chi connectivity index (χ0n) is 17.1. The second-order valence-corrected chi connectivity index (χ2v) is 7.93. The maximum atomic E-state index is 12.3. The van der Waals surface area contributed by atoms with E-state index >= 15 is 0 Å². The molecule has 9 heteroatoms. The van der Waals surface area contributed by atoms with Crippen molar-refractivity contribution in [3.05, 3.63) is 53.6 Å². The molecule has 3 amide bonds. The van der Waals surface area contributed by atoms with Crippen molar-refractivity contribution >= 4 is 29.4 Å². The molecule has 0 atom stereocenters. The molecule has 5 rings (SSSR count). The smallest absolute Gasteiger partial charge is 0.326 e. The Morgan fingerprint density at radius 3 is 2.31 bits per heavy atom. The first-order valence-electron chi connectivity index (χ1n) is 10.4. The normalized spacial score (nSPS) is 17.6. The predicted octanol–water partition coefficient (Wildman–Crippen LogP) is 2.51. The molecule has 2 aromatic carbocycles. The number of carbonyl (C=O) groups excluding carboxylic acids is 4. The van der Waals surface area contributed by atoms with Gasteiger partial charge in [0.1, 0.15) is 6.54 Å². The summed E-state index contributed by atoms with van der Waals surface area (Å²) in [6.45, 7) is -1.12. The highest BCUT2D eigenvalue weighted by Crippen LogP contribution is 2.47. The molecular formula is C23H20N2O7. The van der Waals surface area contributed by atoms with Crippen LogP contribution < -0.4 is 14.8 Å². The van der Waals surface area contributed by atoms with Gasteiger partial charge in [0.2, 0.25) is 0 Å². The lowest BCUT2D eigenvalue weighted by atomic mass is 10.1. The summed E-state index contributed by atoms with van der Waals surface area (Å²) < 4.78 is 16.9. The van der Waals surface area contributed by atoms with Crippen LogP contribution in [0.15, 0.2) is 42.5 Å². The number of hydrogen-bond acceptors (Lipinski definition) is 7. The Balaban J connectivity index is 1.13. The number of anilines is 1. The number of ether oxygens (including phenoxy) is 3. The third kappa shape index (κ3) is 3.55. The fourth-order valence-corrected chi connectivity index (χ4v) is 4.19. The van der Waals surface area contributed by atoms with E-state index in [1.54, 1.807) is 30.3 Å². The van der Waals surface area contributed by atoms with E-state index in [9.17, 15) is 19.2 Å². The first kappa shape index (κ1) is 20.0. The van der Waals surface area contributed by atoms with Crippen LogP contribution in [0.1, 0.15) is 46.4 Å². The molecule has 0 aromatic heterocycles. The Hall–Kier alpha value is -3.88.